The van der Waals surface area contributed by atoms with Crippen LogP contribution in [0.1, 0.15) is 48.9 Å². The average molecular weight is 372 g/mol. The molecule has 0 aliphatic rings. The molecule has 0 fully saturated rings. The first-order valence-corrected chi connectivity index (χ1v) is 8.59. The molecule has 2 aromatic rings. The second-order valence-corrected chi connectivity index (χ2v) is 6.93. The molecule has 6 heteroatoms. The lowest BCUT2D eigenvalue weighted by Crippen LogP contribution is -2.23. The van der Waals surface area contributed by atoms with Crippen LogP contribution < -0.4 is 5.32 Å². The van der Waals surface area contributed by atoms with Crippen molar-refractivity contribution in [3.05, 3.63) is 44.6 Å². The summed E-state index contributed by atoms with van der Waals surface area (Å²) in [6, 6.07) is 5.09. The van der Waals surface area contributed by atoms with Crippen molar-refractivity contribution in [2.45, 2.75) is 39.2 Å². The Hall–Kier alpha value is -0.850. The van der Waals surface area contributed by atoms with Gasteiger partial charge in [0.1, 0.15) is 5.82 Å². The Morgan fingerprint density at radius 2 is 2.14 bits per heavy atom. The Bertz CT molecular complexity index is 600. The van der Waals surface area contributed by atoms with Crippen molar-refractivity contribution in [1.29, 1.82) is 0 Å². The topological polar surface area (TPSA) is 37.8 Å². The molecular formula is C15H19BrFN3S. The lowest BCUT2D eigenvalue weighted by molar-refractivity contribution is 0.528. The summed E-state index contributed by atoms with van der Waals surface area (Å²) in [6.45, 7) is 7.06. The Labute approximate surface area is 137 Å². The normalized spacial score (nSPS) is 12.9. The van der Waals surface area contributed by atoms with E-state index in [4.69, 9.17) is 0 Å². The van der Waals surface area contributed by atoms with Crippen LogP contribution in [0.25, 0.3) is 0 Å². The summed E-state index contributed by atoms with van der Waals surface area (Å²) in [5, 5.41) is 7.65. The van der Waals surface area contributed by atoms with Crippen LogP contribution in [0.5, 0.6) is 0 Å². The predicted octanol–water partition coefficient (Wildman–Crippen LogP) is 4.46. The van der Waals surface area contributed by atoms with E-state index >= 15 is 0 Å². The van der Waals surface area contributed by atoms with E-state index < -0.39 is 0 Å². The number of rotatable bonds is 6. The minimum atomic E-state index is -0.176. The number of benzene rings is 1. The number of nitrogens with zero attached hydrogens (tertiary/aromatic N) is 2. The maximum absolute atomic E-state index is 14.0. The van der Waals surface area contributed by atoms with Crippen LogP contribution in [0.3, 0.4) is 0 Å². The van der Waals surface area contributed by atoms with Gasteiger partial charge in [-0.05, 0) is 54.2 Å². The van der Waals surface area contributed by atoms with Gasteiger partial charge in [-0.25, -0.2) is 4.39 Å². The van der Waals surface area contributed by atoms with Gasteiger partial charge in [-0.1, -0.05) is 41.2 Å². The third-order valence-electron chi connectivity index (χ3n) is 3.29. The zero-order chi connectivity index (χ0) is 15.4. The Morgan fingerprint density at radius 3 is 2.81 bits per heavy atom. The molecule has 1 unspecified atom stereocenters. The van der Waals surface area contributed by atoms with Gasteiger partial charge in [0, 0.05) is 10.5 Å². The smallest absolute Gasteiger partial charge is 0.126 e. The van der Waals surface area contributed by atoms with E-state index in [9.17, 15) is 4.39 Å². The van der Waals surface area contributed by atoms with Crippen LogP contribution in [0.15, 0.2) is 22.7 Å². The van der Waals surface area contributed by atoms with Gasteiger partial charge in [-0.15, -0.1) is 5.10 Å². The van der Waals surface area contributed by atoms with E-state index in [0.717, 1.165) is 21.6 Å². The van der Waals surface area contributed by atoms with Gasteiger partial charge in [0.05, 0.1) is 10.6 Å². The first-order chi connectivity index (χ1) is 10.0. The van der Waals surface area contributed by atoms with Crippen molar-refractivity contribution in [2.24, 2.45) is 0 Å². The molecule has 0 amide bonds. The van der Waals surface area contributed by atoms with E-state index in [1.54, 1.807) is 6.07 Å². The molecule has 0 saturated carbocycles. The van der Waals surface area contributed by atoms with Crippen molar-refractivity contribution in [2.75, 3.05) is 6.54 Å². The van der Waals surface area contributed by atoms with Crippen molar-refractivity contribution in [3.63, 3.8) is 0 Å². The second kappa shape index (κ2) is 7.42. The van der Waals surface area contributed by atoms with Crippen LogP contribution in [0.2, 0.25) is 0 Å². The Kier molecular flexibility index (Phi) is 5.84. The highest BCUT2D eigenvalue weighted by Crippen LogP contribution is 2.29. The van der Waals surface area contributed by atoms with Gasteiger partial charge in [0.2, 0.25) is 0 Å². The molecular weight excluding hydrogens is 353 g/mol. The lowest BCUT2D eigenvalue weighted by Gasteiger charge is -2.18. The van der Waals surface area contributed by atoms with E-state index in [2.05, 4.69) is 44.7 Å². The van der Waals surface area contributed by atoms with E-state index in [1.807, 2.05) is 13.0 Å². The number of aromatic nitrogens is 2. The SMILES string of the molecule is CCNC(Cc1cc(Br)ccc1F)c1snnc1C(C)C. The highest BCUT2D eigenvalue weighted by Gasteiger charge is 2.22. The fourth-order valence-electron chi connectivity index (χ4n) is 2.27. The molecule has 0 aliphatic heterocycles. The van der Waals surface area contributed by atoms with Crippen LogP contribution in [-0.4, -0.2) is 16.1 Å². The van der Waals surface area contributed by atoms with Gasteiger partial charge in [-0.3, -0.25) is 0 Å². The minimum Gasteiger partial charge on any atom is -0.309 e. The van der Waals surface area contributed by atoms with Gasteiger partial charge >= 0.3 is 0 Å². The molecule has 1 heterocycles. The molecule has 3 nitrogen and oxygen atoms in total. The van der Waals surface area contributed by atoms with Gasteiger partial charge in [0.15, 0.2) is 0 Å². The molecule has 1 aromatic carbocycles. The molecule has 1 atom stereocenters. The zero-order valence-corrected chi connectivity index (χ0v) is 14.8. The summed E-state index contributed by atoms with van der Waals surface area (Å²) in [5.74, 6) is 0.136. The molecule has 0 aliphatic carbocycles. The fourth-order valence-corrected chi connectivity index (χ4v) is 3.56. The predicted molar refractivity (Wildman–Crippen MR) is 88.2 cm³/mol. The first kappa shape index (κ1) is 16.5. The molecule has 21 heavy (non-hydrogen) atoms. The van der Waals surface area contributed by atoms with Gasteiger partial charge in [-0.2, -0.15) is 0 Å². The average Bonchev–Trinajstić information content (AvgIpc) is 2.91. The maximum Gasteiger partial charge on any atom is 0.126 e. The fraction of sp³-hybridized carbons (Fsp3) is 0.467. The van der Waals surface area contributed by atoms with E-state index in [1.165, 1.54) is 17.6 Å². The molecule has 1 N–H and O–H groups in total. The highest BCUT2D eigenvalue weighted by atomic mass is 79.9. The molecule has 1 aromatic heterocycles. The third kappa shape index (κ3) is 4.08. The minimum absolute atomic E-state index is 0.0381. The summed E-state index contributed by atoms with van der Waals surface area (Å²) in [5.41, 5.74) is 1.69. The molecule has 2 rings (SSSR count). The molecule has 0 spiro atoms. The molecule has 0 saturated heterocycles. The van der Waals surface area contributed by atoms with Crippen molar-refractivity contribution in [3.8, 4) is 0 Å². The van der Waals surface area contributed by atoms with Gasteiger partial charge in [0.25, 0.3) is 0 Å². The van der Waals surface area contributed by atoms with Crippen molar-refractivity contribution >= 4 is 27.5 Å². The van der Waals surface area contributed by atoms with Crippen LogP contribution in [-0.2, 0) is 6.42 Å². The molecule has 114 valence electrons. The summed E-state index contributed by atoms with van der Waals surface area (Å²) in [4.78, 5) is 1.10. The Morgan fingerprint density at radius 1 is 1.38 bits per heavy atom. The standard InChI is InChI=1S/C15H19BrFN3S/c1-4-18-13(15-14(9(2)3)19-20-21-15)8-10-7-11(16)5-6-12(10)17/h5-7,9,13,18H,4,8H2,1-3H3. The van der Waals surface area contributed by atoms with Crippen LogP contribution in [0.4, 0.5) is 4.39 Å². The van der Waals surface area contributed by atoms with Crippen LogP contribution in [0, 0.1) is 5.82 Å². The number of nitrogens with one attached hydrogen (secondary N) is 1. The second-order valence-electron chi connectivity index (χ2n) is 5.23. The summed E-state index contributed by atoms with van der Waals surface area (Å²) in [7, 11) is 0. The van der Waals surface area contributed by atoms with Gasteiger partial charge < -0.3 is 5.32 Å². The largest absolute Gasteiger partial charge is 0.309 e. The summed E-state index contributed by atoms with van der Waals surface area (Å²) in [6.07, 6.45) is 0.586. The third-order valence-corrected chi connectivity index (χ3v) is 4.63. The number of hydrogen-bond donors (Lipinski definition) is 1. The summed E-state index contributed by atoms with van der Waals surface area (Å²) >= 11 is 4.80. The van der Waals surface area contributed by atoms with E-state index in [-0.39, 0.29) is 11.9 Å². The van der Waals surface area contributed by atoms with Crippen LogP contribution >= 0.6 is 27.5 Å². The monoisotopic (exact) mass is 371 g/mol. The lowest BCUT2D eigenvalue weighted by atomic mass is 10.00. The summed E-state index contributed by atoms with van der Waals surface area (Å²) < 4.78 is 19.0. The molecule has 0 bridgehead atoms. The van der Waals surface area contributed by atoms with Crippen molar-refractivity contribution in [1.82, 2.24) is 14.9 Å². The number of hydrogen-bond acceptors (Lipinski definition) is 4. The quantitative estimate of drug-likeness (QED) is 0.814. The highest BCUT2D eigenvalue weighted by molar-refractivity contribution is 9.10. The number of halogens is 2. The van der Waals surface area contributed by atoms with E-state index in [0.29, 0.717) is 17.9 Å². The maximum atomic E-state index is 14.0. The first-order valence-electron chi connectivity index (χ1n) is 7.02. The number of likely N-dealkylation sites (N-methyl/N-ethyl adjacent to an activating group) is 1. The Balaban J connectivity index is 2.31. The zero-order valence-electron chi connectivity index (χ0n) is 12.4. The van der Waals surface area contributed by atoms with Crippen molar-refractivity contribution < 1.29 is 4.39 Å². The molecule has 0 radical (unpaired) electrons.